The Morgan fingerprint density at radius 2 is 1.76 bits per heavy atom. The van der Waals surface area contributed by atoms with E-state index in [9.17, 15) is 9.18 Å². The van der Waals surface area contributed by atoms with Crippen LogP contribution in [0.1, 0.15) is 56.4 Å². The van der Waals surface area contributed by atoms with Gasteiger partial charge >= 0.3 is 6.09 Å². The number of terminal acetylenes is 1. The maximum absolute atomic E-state index is 11.6. The number of anilines is 2. The first kappa shape index (κ1) is 27.9. The molecule has 2 aliphatic rings. The zero-order valence-electron chi connectivity index (χ0n) is 20.4. The van der Waals surface area contributed by atoms with Crippen molar-refractivity contribution in [2.45, 2.75) is 52.2 Å². The Balaban J connectivity index is 0.000000841. The number of halogens is 1. The Labute approximate surface area is 197 Å². The summed E-state index contributed by atoms with van der Waals surface area (Å²) in [6.45, 7) is 8.04. The van der Waals surface area contributed by atoms with Crippen LogP contribution in [-0.4, -0.2) is 44.4 Å². The molecular weight excluding hydrogens is 419 g/mol. The average molecular weight is 457 g/mol. The topological polar surface area (TPSA) is 66.5 Å². The van der Waals surface area contributed by atoms with Crippen molar-refractivity contribution in [3.05, 3.63) is 53.2 Å². The fraction of sp³-hybridized carbons (Fsp3) is 0.462. The van der Waals surface area contributed by atoms with Gasteiger partial charge in [-0.25, -0.2) is 9.78 Å². The lowest BCUT2D eigenvalue weighted by Gasteiger charge is -2.34. The van der Waals surface area contributed by atoms with E-state index in [-0.39, 0.29) is 6.10 Å². The van der Waals surface area contributed by atoms with Gasteiger partial charge < -0.3 is 15.0 Å². The van der Waals surface area contributed by atoms with Crippen molar-refractivity contribution in [3.8, 4) is 12.8 Å². The molecule has 0 unspecified atom stereocenters. The predicted molar refractivity (Wildman–Crippen MR) is 135 cm³/mol. The van der Waals surface area contributed by atoms with Crippen LogP contribution in [0.4, 0.5) is 20.7 Å². The Kier molecular flexibility index (Phi) is 12.6. The highest BCUT2D eigenvalue weighted by molar-refractivity contribution is 5.87. The summed E-state index contributed by atoms with van der Waals surface area (Å²) in [7, 11) is 2.70. The number of pyridine rings is 1. The van der Waals surface area contributed by atoms with E-state index in [1.54, 1.807) is 6.20 Å². The van der Waals surface area contributed by atoms with Crippen LogP contribution in [0.3, 0.4) is 0 Å². The van der Waals surface area contributed by atoms with E-state index in [0.717, 1.165) is 43.5 Å². The third-order valence-corrected chi connectivity index (χ3v) is 5.60. The second-order valence-electron chi connectivity index (χ2n) is 7.30. The van der Waals surface area contributed by atoms with E-state index in [1.165, 1.54) is 11.3 Å². The summed E-state index contributed by atoms with van der Waals surface area (Å²) < 4.78 is 14.9. The first-order chi connectivity index (χ1) is 16.1. The molecule has 1 saturated heterocycles. The minimum atomic E-state index is -0.439. The smallest absolute Gasteiger partial charge is 0.413 e. The van der Waals surface area contributed by atoms with Gasteiger partial charge in [0.1, 0.15) is 11.9 Å². The number of nitrogens with zero attached hydrogens (tertiary/aromatic N) is 2. The van der Waals surface area contributed by atoms with E-state index < -0.39 is 6.09 Å². The van der Waals surface area contributed by atoms with Crippen molar-refractivity contribution in [2.24, 2.45) is 0 Å². The number of aromatic nitrogens is 1. The number of carbonyl (C=O) groups is 1. The fourth-order valence-electron chi connectivity index (χ4n) is 4.17. The van der Waals surface area contributed by atoms with E-state index in [2.05, 4.69) is 64.7 Å². The largest absolute Gasteiger partial charge is 0.441 e. The number of amides is 1. The molecule has 180 valence electrons. The molecule has 3 heterocycles. The van der Waals surface area contributed by atoms with Crippen LogP contribution in [0.2, 0.25) is 0 Å². The average Bonchev–Trinajstić information content (AvgIpc) is 2.88. The van der Waals surface area contributed by atoms with Gasteiger partial charge in [0.05, 0.1) is 7.18 Å². The molecule has 2 aliphatic heterocycles. The summed E-state index contributed by atoms with van der Waals surface area (Å²) in [4.78, 5) is 18.4. The van der Waals surface area contributed by atoms with Gasteiger partial charge in [0, 0.05) is 37.0 Å². The second kappa shape index (κ2) is 14.9. The molecule has 0 aliphatic carbocycles. The van der Waals surface area contributed by atoms with Crippen molar-refractivity contribution in [1.82, 2.24) is 10.3 Å². The van der Waals surface area contributed by atoms with E-state index >= 15 is 0 Å². The summed E-state index contributed by atoms with van der Waals surface area (Å²) in [5, 5.41) is 6.15. The minimum absolute atomic E-state index is 0.299. The lowest BCUT2D eigenvalue weighted by atomic mass is 9.95. The van der Waals surface area contributed by atoms with Crippen LogP contribution < -0.4 is 15.5 Å². The fourth-order valence-corrected chi connectivity index (χ4v) is 4.17. The van der Waals surface area contributed by atoms with Gasteiger partial charge in [-0.15, -0.1) is 12.8 Å². The standard InChI is InChI=1S/C21H26N4O2.C2H6.C2H2.CH3F/c1-14-19-16(7-12-23-20(19)24-21(26)27-14)13-15-5-3-4-6-18(15)25(2)17-8-10-22-11-9-17;3*1-2/h3-7,12,14,17,22H,8-11,13H2,1-2H3,(H,23,24,26);1-2H3;1-2H;1H3/t14-;;;/m0.../s1. The van der Waals surface area contributed by atoms with Crippen LogP contribution in [0.25, 0.3) is 0 Å². The molecule has 0 saturated carbocycles. The maximum Gasteiger partial charge on any atom is 0.413 e. The minimum Gasteiger partial charge on any atom is -0.441 e. The van der Waals surface area contributed by atoms with Crippen molar-refractivity contribution >= 4 is 17.6 Å². The number of nitrogens with one attached hydrogen (secondary N) is 2. The van der Waals surface area contributed by atoms with Gasteiger partial charge in [0.25, 0.3) is 0 Å². The number of carbonyl (C=O) groups excluding carboxylic acids is 1. The number of fused-ring (bicyclic) bond motifs is 1. The SMILES string of the molecule is C#C.CC.CF.C[C@@H]1OC(=O)Nc2nccc(Cc3ccccc3N(C)C3CCNCC3)c21. The van der Waals surface area contributed by atoms with Crippen molar-refractivity contribution < 1.29 is 13.9 Å². The third kappa shape index (κ3) is 7.19. The Hall–Kier alpha value is -3.11. The van der Waals surface area contributed by atoms with Gasteiger partial charge in [-0.1, -0.05) is 32.0 Å². The number of hydrogen-bond acceptors (Lipinski definition) is 5. The molecule has 1 aromatic carbocycles. The number of hydrogen-bond donors (Lipinski definition) is 2. The molecule has 1 atom stereocenters. The van der Waals surface area contributed by atoms with E-state index in [1.807, 2.05) is 26.8 Å². The zero-order valence-corrected chi connectivity index (χ0v) is 20.4. The second-order valence-corrected chi connectivity index (χ2v) is 7.30. The first-order valence-corrected chi connectivity index (χ1v) is 11.3. The van der Waals surface area contributed by atoms with E-state index in [4.69, 9.17) is 4.74 Å². The molecule has 6 nitrogen and oxygen atoms in total. The van der Waals surface area contributed by atoms with E-state index in [0.29, 0.717) is 19.0 Å². The summed E-state index contributed by atoms with van der Waals surface area (Å²) in [5.41, 5.74) is 4.65. The first-order valence-electron chi connectivity index (χ1n) is 11.3. The molecular formula is C26H37FN4O2. The maximum atomic E-state index is 11.6. The van der Waals surface area contributed by atoms with Gasteiger partial charge in [-0.3, -0.25) is 9.71 Å². The molecule has 1 aromatic heterocycles. The summed E-state index contributed by atoms with van der Waals surface area (Å²) in [6.07, 6.45) is 12.1. The van der Waals surface area contributed by atoms with Crippen LogP contribution in [0.5, 0.6) is 0 Å². The van der Waals surface area contributed by atoms with Gasteiger partial charge in [0.2, 0.25) is 0 Å². The normalized spacial score (nSPS) is 16.6. The molecule has 33 heavy (non-hydrogen) atoms. The molecule has 0 radical (unpaired) electrons. The highest BCUT2D eigenvalue weighted by atomic mass is 19.1. The summed E-state index contributed by atoms with van der Waals surface area (Å²) in [6, 6.07) is 11.2. The molecule has 2 aromatic rings. The number of alkyl halides is 1. The Morgan fingerprint density at radius 3 is 2.42 bits per heavy atom. The lowest BCUT2D eigenvalue weighted by molar-refractivity contribution is 0.116. The van der Waals surface area contributed by atoms with Gasteiger partial charge in [-0.2, -0.15) is 0 Å². The number of ether oxygens (including phenoxy) is 1. The number of benzene rings is 1. The van der Waals surface area contributed by atoms with Crippen LogP contribution in [-0.2, 0) is 11.2 Å². The molecule has 7 heteroatoms. The number of para-hydroxylation sites is 1. The molecule has 1 fully saturated rings. The summed E-state index contributed by atoms with van der Waals surface area (Å²) >= 11 is 0. The third-order valence-electron chi connectivity index (χ3n) is 5.60. The van der Waals surface area contributed by atoms with Gasteiger partial charge in [0.15, 0.2) is 0 Å². The number of cyclic esters (lactones) is 1. The van der Waals surface area contributed by atoms with Crippen LogP contribution in [0.15, 0.2) is 36.5 Å². The van der Waals surface area contributed by atoms with Gasteiger partial charge in [-0.05, 0) is 56.1 Å². The Morgan fingerprint density at radius 1 is 1.12 bits per heavy atom. The Bertz CT molecular complexity index is 882. The summed E-state index contributed by atoms with van der Waals surface area (Å²) in [5.74, 6) is 0.612. The monoisotopic (exact) mass is 456 g/mol. The number of rotatable bonds is 4. The van der Waals surface area contributed by atoms with Crippen molar-refractivity contribution in [1.29, 1.82) is 0 Å². The highest BCUT2D eigenvalue weighted by Gasteiger charge is 2.27. The molecule has 4 rings (SSSR count). The highest BCUT2D eigenvalue weighted by Crippen LogP contribution is 2.34. The molecule has 2 N–H and O–H groups in total. The predicted octanol–water partition coefficient (Wildman–Crippen LogP) is 5.35. The van der Waals surface area contributed by atoms with Crippen LogP contribution >= 0.6 is 0 Å². The van der Waals surface area contributed by atoms with Crippen LogP contribution in [0, 0.1) is 12.8 Å². The molecule has 0 spiro atoms. The quantitative estimate of drug-likeness (QED) is 0.608. The zero-order chi connectivity index (χ0) is 24.8. The number of piperidine rings is 1. The lowest BCUT2D eigenvalue weighted by Crippen LogP contribution is -2.41. The molecule has 1 amide bonds. The van der Waals surface area contributed by atoms with Crippen molar-refractivity contribution in [2.75, 3.05) is 37.5 Å². The van der Waals surface area contributed by atoms with Crippen molar-refractivity contribution in [3.63, 3.8) is 0 Å². The molecule has 0 bridgehead atoms.